The minimum absolute atomic E-state index is 0.207. The summed E-state index contributed by atoms with van der Waals surface area (Å²) in [4.78, 5) is 2.42. The van der Waals surface area contributed by atoms with Gasteiger partial charge in [-0.05, 0) is 49.4 Å². The molecular formula is C15H20ClFN2. The molecule has 1 aliphatic carbocycles. The highest BCUT2D eigenvalue weighted by Gasteiger charge is 2.36. The third-order valence-corrected chi connectivity index (χ3v) is 4.67. The fourth-order valence-corrected chi connectivity index (χ4v) is 3.04. The van der Waals surface area contributed by atoms with Gasteiger partial charge in [0.2, 0.25) is 0 Å². The summed E-state index contributed by atoms with van der Waals surface area (Å²) in [6.45, 7) is 5.00. The fraction of sp³-hybridized carbons (Fsp3) is 0.600. The molecule has 1 heterocycles. The van der Waals surface area contributed by atoms with Gasteiger partial charge in [0, 0.05) is 36.7 Å². The first-order valence-electron chi connectivity index (χ1n) is 7.05. The molecule has 1 aromatic rings. The number of hydrogen-bond donors (Lipinski definition) is 1. The van der Waals surface area contributed by atoms with Gasteiger partial charge >= 0.3 is 0 Å². The summed E-state index contributed by atoms with van der Waals surface area (Å²) in [5.74, 6) is 0.638. The Balaban J connectivity index is 1.71. The predicted molar refractivity (Wildman–Crippen MR) is 75.8 cm³/mol. The zero-order valence-electron chi connectivity index (χ0n) is 11.2. The van der Waals surface area contributed by atoms with E-state index in [2.05, 4.69) is 17.1 Å². The average Bonchev–Trinajstić information content (AvgIpc) is 3.21. The van der Waals surface area contributed by atoms with Crippen LogP contribution in [0.2, 0.25) is 5.02 Å². The Hall–Kier alpha value is -0.640. The Morgan fingerprint density at radius 3 is 2.95 bits per heavy atom. The summed E-state index contributed by atoms with van der Waals surface area (Å²) in [5, 5.41) is 4.29. The average molecular weight is 283 g/mol. The highest BCUT2D eigenvalue weighted by Crippen LogP contribution is 2.34. The van der Waals surface area contributed by atoms with E-state index >= 15 is 0 Å². The van der Waals surface area contributed by atoms with E-state index in [9.17, 15) is 4.39 Å². The number of benzene rings is 1. The monoisotopic (exact) mass is 282 g/mol. The van der Waals surface area contributed by atoms with Gasteiger partial charge in [0.1, 0.15) is 5.82 Å². The van der Waals surface area contributed by atoms with Crippen LogP contribution in [0.25, 0.3) is 0 Å². The highest BCUT2D eigenvalue weighted by molar-refractivity contribution is 6.31. The van der Waals surface area contributed by atoms with Crippen molar-refractivity contribution in [1.29, 1.82) is 0 Å². The first-order chi connectivity index (χ1) is 9.13. The normalized spacial score (nSPS) is 28.6. The van der Waals surface area contributed by atoms with Gasteiger partial charge in [0.25, 0.3) is 0 Å². The summed E-state index contributed by atoms with van der Waals surface area (Å²) in [6, 6.07) is 5.69. The van der Waals surface area contributed by atoms with Crippen molar-refractivity contribution in [3.05, 3.63) is 34.6 Å². The molecule has 2 atom stereocenters. The van der Waals surface area contributed by atoms with E-state index in [-0.39, 0.29) is 5.82 Å². The lowest BCUT2D eigenvalue weighted by molar-refractivity contribution is 0.125. The molecule has 0 bridgehead atoms. The van der Waals surface area contributed by atoms with Gasteiger partial charge in [-0.1, -0.05) is 11.6 Å². The van der Waals surface area contributed by atoms with Gasteiger partial charge < -0.3 is 5.32 Å². The van der Waals surface area contributed by atoms with Gasteiger partial charge in [0.05, 0.1) is 0 Å². The van der Waals surface area contributed by atoms with E-state index in [0.717, 1.165) is 31.1 Å². The van der Waals surface area contributed by atoms with E-state index in [0.29, 0.717) is 17.1 Å². The summed E-state index contributed by atoms with van der Waals surface area (Å²) in [5.41, 5.74) is 0.893. The number of nitrogens with zero attached hydrogens (tertiary/aromatic N) is 1. The van der Waals surface area contributed by atoms with Crippen LogP contribution < -0.4 is 5.32 Å². The minimum Gasteiger partial charge on any atom is -0.311 e. The molecular weight excluding hydrogens is 263 g/mol. The van der Waals surface area contributed by atoms with Crippen LogP contribution in [0.4, 0.5) is 4.39 Å². The summed E-state index contributed by atoms with van der Waals surface area (Å²) in [6.07, 6.45) is 2.70. The van der Waals surface area contributed by atoms with Crippen LogP contribution in [-0.2, 0) is 6.54 Å². The molecule has 0 aromatic heterocycles. The summed E-state index contributed by atoms with van der Waals surface area (Å²) < 4.78 is 13.3. The standard InChI is InChI=1S/C15H20ClFN2/c1-10-7-18-15(11-2-3-11)9-19(10)8-12-6-13(17)4-5-14(12)16/h4-6,10-11,15,18H,2-3,7-9H2,1H3. The lowest BCUT2D eigenvalue weighted by atomic mass is 10.0. The minimum atomic E-state index is -0.207. The quantitative estimate of drug-likeness (QED) is 0.917. The van der Waals surface area contributed by atoms with Gasteiger partial charge in [-0.25, -0.2) is 4.39 Å². The Kier molecular flexibility index (Phi) is 3.79. The Bertz CT molecular complexity index is 461. The van der Waals surface area contributed by atoms with Crippen LogP contribution >= 0.6 is 11.6 Å². The van der Waals surface area contributed by atoms with Gasteiger partial charge in [-0.3, -0.25) is 4.90 Å². The largest absolute Gasteiger partial charge is 0.311 e. The lowest BCUT2D eigenvalue weighted by Crippen LogP contribution is -2.55. The van der Waals surface area contributed by atoms with Crippen LogP contribution in [0.15, 0.2) is 18.2 Å². The second-order valence-corrected chi connectivity index (χ2v) is 6.27. The number of hydrogen-bond acceptors (Lipinski definition) is 2. The van der Waals surface area contributed by atoms with E-state index in [1.807, 2.05) is 0 Å². The third-order valence-electron chi connectivity index (χ3n) is 4.30. The molecule has 0 radical (unpaired) electrons. The topological polar surface area (TPSA) is 15.3 Å². The molecule has 2 nitrogen and oxygen atoms in total. The first-order valence-corrected chi connectivity index (χ1v) is 7.42. The molecule has 1 aromatic carbocycles. The fourth-order valence-electron chi connectivity index (χ4n) is 2.87. The molecule has 3 rings (SSSR count). The highest BCUT2D eigenvalue weighted by atomic mass is 35.5. The molecule has 19 heavy (non-hydrogen) atoms. The number of piperazine rings is 1. The molecule has 2 fully saturated rings. The van der Waals surface area contributed by atoms with Crippen LogP contribution in [0, 0.1) is 11.7 Å². The van der Waals surface area contributed by atoms with Crippen molar-refractivity contribution in [1.82, 2.24) is 10.2 Å². The molecule has 4 heteroatoms. The van der Waals surface area contributed by atoms with E-state index in [1.54, 1.807) is 12.1 Å². The zero-order valence-corrected chi connectivity index (χ0v) is 12.0. The molecule has 1 N–H and O–H groups in total. The molecule has 2 unspecified atom stereocenters. The first kappa shape index (κ1) is 13.3. The van der Waals surface area contributed by atoms with Gasteiger partial charge in [-0.15, -0.1) is 0 Å². The van der Waals surface area contributed by atoms with E-state index in [4.69, 9.17) is 11.6 Å². The summed E-state index contributed by atoms with van der Waals surface area (Å²) >= 11 is 6.17. The van der Waals surface area contributed by atoms with Crippen LogP contribution in [-0.4, -0.2) is 30.1 Å². The van der Waals surface area contributed by atoms with E-state index < -0.39 is 0 Å². The number of nitrogens with one attached hydrogen (secondary N) is 1. The van der Waals surface area contributed by atoms with Crippen molar-refractivity contribution in [3.8, 4) is 0 Å². The second-order valence-electron chi connectivity index (χ2n) is 5.87. The van der Waals surface area contributed by atoms with Gasteiger partial charge in [-0.2, -0.15) is 0 Å². The SMILES string of the molecule is CC1CNC(C2CC2)CN1Cc1cc(F)ccc1Cl. The van der Waals surface area contributed by atoms with Crippen molar-refractivity contribution >= 4 is 11.6 Å². The molecule has 0 spiro atoms. The molecule has 1 saturated carbocycles. The van der Waals surface area contributed by atoms with Gasteiger partial charge in [0.15, 0.2) is 0 Å². The van der Waals surface area contributed by atoms with E-state index in [1.165, 1.54) is 18.9 Å². The lowest BCUT2D eigenvalue weighted by Gasteiger charge is -2.39. The van der Waals surface area contributed by atoms with Crippen molar-refractivity contribution in [3.63, 3.8) is 0 Å². The van der Waals surface area contributed by atoms with Crippen molar-refractivity contribution < 1.29 is 4.39 Å². The zero-order chi connectivity index (χ0) is 13.4. The molecule has 1 aliphatic heterocycles. The molecule has 104 valence electrons. The molecule has 0 amide bonds. The predicted octanol–water partition coefficient (Wildman–Crippen LogP) is 3.05. The maximum absolute atomic E-state index is 13.3. The smallest absolute Gasteiger partial charge is 0.123 e. The van der Waals surface area contributed by atoms with Crippen LogP contribution in [0.3, 0.4) is 0 Å². The maximum atomic E-state index is 13.3. The molecule has 2 aliphatic rings. The number of halogens is 2. The van der Waals surface area contributed by atoms with Crippen LogP contribution in [0.5, 0.6) is 0 Å². The molecule has 1 saturated heterocycles. The van der Waals surface area contributed by atoms with Crippen molar-refractivity contribution in [2.24, 2.45) is 5.92 Å². The van der Waals surface area contributed by atoms with Crippen LogP contribution in [0.1, 0.15) is 25.3 Å². The number of rotatable bonds is 3. The third kappa shape index (κ3) is 3.10. The summed E-state index contributed by atoms with van der Waals surface area (Å²) in [7, 11) is 0. The Morgan fingerprint density at radius 2 is 2.21 bits per heavy atom. The second kappa shape index (κ2) is 5.39. The van der Waals surface area contributed by atoms with Crippen molar-refractivity contribution in [2.75, 3.05) is 13.1 Å². The maximum Gasteiger partial charge on any atom is 0.123 e. The van der Waals surface area contributed by atoms with Crippen molar-refractivity contribution in [2.45, 2.75) is 38.4 Å². The Labute approximate surface area is 118 Å². The Morgan fingerprint density at radius 1 is 1.42 bits per heavy atom.